The summed E-state index contributed by atoms with van der Waals surface area (Å²) in [6, 6.07) is 13.1. The van der Waals surface area contributed by atoms with Gasteiger partial charge >= 0.3 is 0 Å². The summed E-state index contributed by atoms with van der Waals surface area (Å²) < 4.78 is 10.8. The first-order chi connectivity index (χ1) is 14.6. The van der Waals surface area contributed by atoms with Gasteiger partial charge in [0.25, 0.3) is 0 Å². The summed E-state index contributed by atoms with van der Waals surface area (Å²) in [4.78, 5) is 33.4. The Morgan fingerprint density at radius 3 is 2.83 bits per heavy atom. The van der Waals surface area contributed by atoms with E-state index in [1.165, 1.54) is 0 Å². The smallest absolute Gasteiger partial charge is 0.246 e. The maximum absolute atomic E-state index is 13.4. The second kappa shape index (κ2) is 6.26. The minimum absolute atomic E-state index is 0.00459. The van der Waals surface area contributed by atoms with Crippen molar-refractivity contribution in [2.75, 3.05) is 13.3 Å². The second-order valence-electron chi connectivity index (χ2n) is 8.14. The highest BCUT2D eigenvalue weighted by atomic mass is 16.7. The molecule has 1 saturated heterocycles. The molecule has 2 atom stereocenters. The molecule has 0 radical (unpaired) electrons. The van der Waals surface area contributed by atoms with Crippen molar-refractivity contribution in [1.82, 2.24) is 14.8 Å². The number of nitrogens with zero attached hydrogens (tertiary/aromatic N) is 2. The Morgan fingerprint density at radius 1 is 1.10 bits per heavy atom. The van der Waals surface area contributed by atoms with Gasteiger partial charge in [0.15, 0.2) is 11.5 Å². The number of hydrogen-bond acceptors (Lipinski definition) is 4. The average Bonchev–Trinajstić information content (AvgIpc) is 3.36. The van der Waals surface area contributed by atoms with Crippen LogP contribution in [0.15, 0.2) is 42.5 Å². The lowest BCUT2D eigenvalue weighted by Gasteiger charge is -2.46. The van der Waals surface area contributed by atoms with E-state index in [0.717, 1.165) is 27.7 Å². The molecule has 0 spiro atoms. The number of H-pyrrole nitrogens is 1. The van der Waals surface area contributed by atoms with Crippen LogP contribution in [0.1, 0.15) is 29.8 Å². The van der Waals surface area contributed by atoms with Gasteiger partial charge in [-0.3, -0.25) is 9.59 Å². The summed E-state index contributed by atoms with van der Waals surface area (Å²) >= 11 is 0. The first-order valence-corrected chi connectivity index (χ1v) is 10.2. The van der Waals surface area contributed by atoms with Crippen LogP contribution >= 0.6 is 0 Å². The number of piperazine rings is 1. The highest BCUT2D eigenvalue weighted by molar-refractivity contribution is 5.97. The third kappa shape index (κ3) is 2.44. The Bertz CT molecular complexity index is 1200. The van der Waals surface area contributed by atoms with Crippen molar-refractivity contribution in [1.29, 1.82) is 0 Å². The molecule has 0 unspecified atom stereocenters. The average molecular weight is 403 g/mol. The van der Waals surface area contributed by atoms with E-state index in [2.05, 4.69) is 11.1 Å². The topological polar surface area (TPSA) is 74.9 Å². The molecule has 0 saturated carbocycles. The van der Waals surface area contributed by atoms with E-state index in [0.29, 0.717) is 24.5 Å². The van der Waals surface area contributed by atoms with Crippen LogP contribution < -0.4 is 9.47 Å². The Morgan fingerprint density at radius 2 is 1.93 bits per heavy atom. The molecule has 3 aromatic rings. The Kier molecular flexibility index (Phi) is 3.63. The van der Waals surface area contributed by atoms with E-state index < -0.39 is 6.04 Å². The van der Waals surface area contributed by atoms with Gasteiger partial charge in [0.2, 0.25) is 18.6 Å². The molecule has 2 aromatic carbocycles. The third-order valence-corrected chi connectivity index (χ3v) is 6.44. The first-order valence-electron chi connectivity index (χ1n) is 10.2. The van der Waals surface area contributed by atoms with Crippen LogP contribution in [-0.2, 0) is 22.6 Å². The van der Waals surface area contributed by atoms with Gasteiger partial charge in [-0.05, 0) is 36.2 Å². The third-order valence-electron chi connectivity index (χ3n) is 6.44. The van der Waals surface area contributed by atoms with Gasteiger partial charge < -0.3 is 24.3 Å². The van der Waals surface area contributed by atoms with Crippen LogP contribution in [0.25, 0.3) is 10.9 Å². The van der Waals surface area contributed by atoms with Crippen LogP contribution in [0.4, 0.5) is 0 Å². The van der Waals surface area contributed by atoms with Crippen LogP contribution in [-0.4, -0.2) is 46.0 Å². The van der Waals surface area contributed by atoms with Gasteiger partial charge in [0.05, 0.1) is 6.04 Å². The first kappa shape index (κ1) is 17.4. The summed E-state index contributed by atoms with van der Waals surface area (Å²) in [6.07, 6.45) is 0.534. The highest BCUT2D eigenvalue weighted by Crippen LogP contribution is 2.39. The zero-order valence-corrected chi connectivity index (χ0v) is 16.6. The fraction of sp³-hybridized carbons (Fsp3) is 0.304. The molecule has 3 aliphatic rings. The van der Waals surface area contributed by atoms with Crippen molar-refractivity contribution in [3.8, 4) is 11.5 Å². The zero-order valence-electron chi connectivity index (χ0n) is 16.6. The normalized spacial score (nSPS) is 22.4. The molecule has 152 valence electrons. The van der Waals surface area contributed by atoms with E-state index in [1.807, 2.05) is 43.3 Å². The maximum atomic E-state index is 13.4. The van der Waals surface area contributed by atoms with Crippen molar-refractivity contribution in [2.45, 2.75) is 32.0 Å². The van der Waals surface area contributed by atoms with Crippen molar-refractivity contribution < 1.29 is 19.1 Å². The molecule has 0 bridgehead atoms. The van der Waals surface area contributed by atoms with Crippen LogP contribution in [0, 0.1) is 0 Å². The second-order valence-corrected chi connectivity index (χ2v) is 8.14. The molecule has 1 fully saturated rings. The number of nitrogens with one attached hydrogen (secondary N) is 1. The molecular weight excluding hydrogens is 382 g/mol. The molecule has 1 aromatic heterocycles. The molecule has 7 heteroatoms. The fourth-order valence-electron chi connectivity index (χ4n) is 5.02. The minimum atomic E-state index is -0.470. The molecular formula is C23H21N3O4. The number of para-hydroxylation sites is 1. The van der Waals surface area contributed by atoms with Gasteiger partial charge in [-0.2, -0.15) is 0 Å². The van der Waals surface area contributed by atoms with Gasteiger partial charge in [-0.1, -0.05) is 24.3 Å². The molecule has 0 aliphatic carbocycles. The van der Waals surface area contributed by atoms with Crippen LogP contribution in [0.2, 0.25) is 0 Å². The van der Waals surface area contributed by atoms with E-state index in [4.69, 9.17) is 9.47 Å². The van der Waals surface area contributed by atoms with Crippen LogP contribution in [0.3, 0.4) is 0 Å². The molecule has 3 aliphatic heterocycles. The van der Waals surface area contributed by atoms with E-state index >= 15 is 0 Å². The number of fused-ring (bicyclic) bond motifs is 5. The Hall–Kier alpha value is -3.48. The number of aromatic nitrogens is 1. The number of hydrogen-bond donors (Lipinski definition) is 1. The zero-order chi connectivity index (χ0) is 20.4. The van der Waals surface area contributed by atoms with Gasteiger partial charge in [-0.25, -0.2) is 0 Å². The van der Waals surface area contributed by atoms with E-state index in [-0.39, 0.29) is 31.2 Å². The number of carbonyl (C=O) groups is 2. The Labute approximate surface area is 173 Å². The monoisotopic (exact) mass is 403 g/mol. The largest absolute Gasteiger partial charge is 0.454 e. The minimum Gasteiger partial charge on any atom is -0.454 e. The quantitative estimate of drug-likeness (QED) is 0.714. The van der Waals surface area contributed by atoms with Gasteiger partial charge in [-0.15, -0.1) is 0 Å². The summed E-state index contributed by atoms with van der Waals surface area (Å²) in [5.74, 6) is 1.37. The number of ether oxygens (including phenoxy) is 2. The van der Waals surface area contributed by atoms with Crippen molar-refractivity contribution >= 4 is 22.7 Å². The molecule has 4 heterocycles. The molecule has 6 rings (SSSR count). The number of aromatic amines is 1. The number of carbonyl (C=O) groups excluding carboxylic acids is 2. The van der Waals surface area contributed by atoms with Gasteiger partial charge in [0, 0.05) is 29.6 Å². The highest BCUT2D eigenvalue weighted by Gasteiger charge is 2.46. The molecule has 1 N–H and O–H groups in total. The molecule has 2 amide bonds. The number of amides is 2. The summed E-state index contributed by atoms with van der Waals surface area (Å²) in [7, 11) is 0. The lowest BCUT2D eigenvalue weighted by Crippen LogP contribution is -2.62. The van der Waals surface area contributed by atoms with E-state index in [9.17, 15) is 9.59 Å². The van der Waals surface area contributed by atoms with Crippen molar-refractivity contribution in [3.63, 3.8) is 0 Å². The number of rotatable bonds is 2. The summed E-state index contributed by atoms with van der Waals surface area (Å²) in [6.45, 7) is 2.67. The van der Waals surface area contributed by atoms with Crippen molar-refractivity contribution in [3.05, 3.63) is 59.3 Å². The molecule has 7 nitrogen and oxygen atoms in total. The maximum Gasteiger partial charge on any atom is 0.246 e. The lowest BCUT2D eigenvalue weighted by molar-refractivity contribution is -0.159. The predicted octanol–water partition coefficient (Wildman–Crippen LogP) is 2.75. The van der Waals surface area contributed by atoms with Crippen LogP contribution in [0.5, 0.6) is 11.5 Å². The lowest BCUT2D eigenvalue weighted by atomic mass is 9.90. The molecule has 30 heavy (non-hydrogen) atoms. The van der Waals surface area contributed by atoms with E-state index in [1.54, 1.807) is 9.80 Å². The summed E-state index contributed by atoms with van der Waals surface area (Å²) in [5.41, 5.74) is 4.15. The van der Waals surface area contributed by atoms with Gasteiger partial charge in [0.1, 0.15) is 12.6 Å². The van der Waals surface area contributed by atoms with Crippen molar-refractivity contribution in [2.24, 2.45) is 0 Å². The SMILES string of the molecule is C[C@@H]1c2[nH]c3ccccc3c2C[C@H]2C(=O)N(Cc3ccc4c(c3)OCO4)CC(=O)N12. The fourth-order valence-corrected chi connectivity index (χ4v) is 5.02. The number of benzene rings is 2. The standard InChI is InChI=1S/C23H21N3O4/c1-13-22-16(15-4-2-3-5-17(15)24-22)9-18-23(28)25(11-21(27)26(13)18)10-14-6-7-19-20(8-14)30-12-29-19/h2-8,13,18,24H,9-12H2,1H3/t13-,18+/m1/s1. The Balaban J connectivity index is 1.33. The predicted molar refractivity (Wildman–Crippen MR) is 109 cm³/mol. The summed E-state index contributed by atoms with van der Waals surface area (Å²) in [5, 5.41) is 1.13.